The van der Waals surface area contributed by atoms with Crippen molar-refractivity contribution in [1.29, 1.82) is 0 Å². The zero-order chi connectivity index (χ0) is 14.8. The molecule has 0 aliphatic carbocycles. The summed E-state index contributed by atoms with van der Waals surface area (Å²) >= 11 is 0. The van der Waals surface area contributed by atoms with Crippen molar-refractivity contribution in [3.05, 3.63) is 24.4 Å². The van der Waals surface area contributed by atoms with E-state index < -0.39 is 0 Å². The van der Waals surface area contributed by atoms with Crippen LogP contribution in [0.1, 0.15) is 6.92 Å². The number of piperazine rings is 1. The van der Waals surface area contributed by atoms with Crippen molar-refractivity contribution in [2.45, 2.75) is 13.0 Å². The third kappa shape index (κ3) is 2.61. The molecule has 5 nitrogen and oxygen atoms in total. The molecule has 1 fully saturated rings. The third-order valence-electron chi connectivity index (χ3n) is 3.92. The van der Waals surface area contributed by atoms with Crippen LogP contribution in [0.15, 0.2) is 24.4 Å². The quantitative estimate of drug-likeness (QED) is 0.936. The van der Waals surface area contributed by atoms with E-state index in [9.17, 15) is 0 Å². The van der Waals surface area contributed by atoms with Crippen molar-refractivity contribution in [2.24, 2.45) is 0 Å². The van der Waals surface area contributed by atoms with Gasteiger partial charge < -0.3 is 19.7 Å². The lowest BCUT2D eigenvalue weighted by Crippen LogP contribution is -2.49. The van der Waals surface area contributed by atoms with Crippen LogP contribution in [-0.2, 0) is 0 Å². The summed E-state index contributed by atoms with van der Waals surface area (Å²) < 4.78 is 10.8. The molecule has 0 bridgehead atoms. The zero-order valence-electron chi connectivity index (χ0n) is 12.7. The number of aromatic nitrogens is 1. The lowest BCUT2D eigenvalue weighted by molar-refractivity contribution is 0.356. The van der Waals surface area contributed by atoms with E-state index >= 15 is 0 Å². The number of anilines is 1. The van der Waals surface area contributed by atoms with Gasteiger partial charge in [0, 0.05) is 37.3 Å². The van der Waals surface area contributed by atoms with Crippen LogP contribution in [0.25, 0.3) is 10.8 Å². The fourth-order valence-corrected chi connectivity index (χ4v) is 2.86. The Morgan fingerprint density at radius 1 is 1.24 bits per heavy atom. The number of hydrogen-bond acceptors (Lipinski definition) is 5. The molecular formula is C16H21N3O2. The SMILES string of the molecule is COc1cc2ccnc(N3CCN[C@H](C)C3)c2cc1OC. The molecule has 0 amide bonds. The van der Waals surface area contributed by atoms with Gasteiger partial charge in [-0.1, -0.05) is 0 Å². The summed E-state index contributed by atoms with van der Waals surface area (Å²) in [5.74, 6) is 2.50. The van der Waals surface area contributed by atoms with Gasteiger partial charge in [-0.3, -0.25) is 0 Å². The Hall–Kier alpha value is -2.01. The molecule has 2 aromatic rings. The summed E-state index contributed by atoms with van der Waals surface area (Å²) in [6, 6.07) is 6.50. The van der Waals surface area contributed by atoms with Gasteiger partial charge in [-0.2, -0.15) is 0 Å². The third-order valence-corrected chi connectivity index (χ3v) is 3.92. The highest BCUT2D eigenvalue weighted by molar-refractivity contribution is 5.94. The van der Waals surface area contributed by atoms with Gasteiger partial charge in [-0.15, -0.1) is 0 Å². The van der Waals surface area contributed by atoms with Gasteiger partial charge in [0.2, 0.25) is 0 Å². The van der Waals surface area contributed by atoms with E-state index in [-0.39, 0.29) is 0 Å². The average Bonchev–Trinajstić information content (AvgIpc) is 2.52. The Balaban J connectivity index is 2.10. The van der Waals surface area contributed by atoms with Crippen LogP contribution in [0, 0.1) is 0 Å². The van der Waals surface area contributed by atoms with Crippen molar-refractivity contribution in [3.63, 3.8) is 0 Å². The number of fused-ring (bicyclic) bond motifs is 1. The Morgan fingerprint density at radius 3 is 2.71 bits per heavy atom. The molecule has 1 aromatic heterocycles. The number of nitrogens with zero attached hydrogens (tertiary/aromatic N) is 2. The monoisotopic (exact) mass is 287 g/mol. The van der Waals surface area contributed by atoms with Crippen LogP contribution >= 0.6 is 0 Å². The second-order valence-corrected chi connectivity index (χ2v) is 5.36. The fraction of sp³-hybridized carbons (Fsp3) is 0.438. The summed E-state index contributed by atoms with van der Waals surface area (Å²) in [4.78, 5) is 6.93. The van der Waals surface area contributed by atoms with Gasteiger partial charge in [-0.25, -0.2) is 4.98 Å². The highest BCUT2D eigenvalue weighted by Crippen LogP contribution is 2.35. The molecule has 2 heterocycles. The number of rotatable bonds is 3. The molecule has 21 heavy (non-hydrogen) atoms. The van der Waals surface area contributed by atoms with E-state index in [1.807, 2.05) is 24.4 Å². The lowest BCUT2D eigenvalue weighted by Gasteiger charge is -2.33. The number of pyridine rings is 1. The second-order valence-electron chi connectivity index (χ2n) is 5.36. The normalized spacial score (nSPS) is 18.8. The molecule has 1 atom stereocenters. The van der Waals surface area contributed by atoms with E-state index in [0.29, 0.717) is 6.04 Å². The molecule has 5 heteroatoms. The number of benzene rings is 1. The van der Waals surface area contributed by atoms with Crippen LogP contribution in [0.2, 0.25) is 0 Å². The fourth-order valence-electron chi connectivity index (χ4n) is 2.86. The van der Waals surface area contributed by atoms with Crippen molar-refractivity contribution < 1.29 is 9.47 Å². The highest BCUT2D eigenvalue weighted by atomic mass is 16.5. The van der Waals surface area contributed by atoms with Gasteiger partial charge in [0.15, 0.2) is 11.5 Å². The molecule has 0 unspecified atom stereocenters. The summed E-state index contributed by atoms with van der Waals surface area (Å²) in [6.45, 7) is 5.10. The zero-order valence-corrected chi connectivity index (χ0v) is 12.7. The van der Waals surface area contributed by atoms with Gasteiger partial charge in [0.1, 0.15) is 5.82 Å². The van der Waals surface area contributed by atoms with Crippen molar-refractivity contribution in [3.8, 4) is 11.5 Å². The molecule has 1 saturated heterocycles. The number of nitrogens with one attached hydrogen (secondary N) is 1. The maximum Gasteiger partial charge on any atom is 0.161 e. The molecule has 1 N–H and O–H groups in total. The number of ether oxygens (including phenoxy) is 2. The van der Waals surface area contributed by atoms with E-state index in [1.54, 1.807) is 14.2 Å². The van der Waals surface area contributed by atoms with Gasteiger partial charge in [-0.05, 0) is 30.5 Å². The molecular weight excluding hydrogens is 266 g/mol. The summed E-state index contributed by atoms with van der Waals surface area (Å²) in [5.41, 5.74) is 0. The van der Waals surface area contributed by atoms with Crippen molar-refractivity contribution in [2.75, 3.05) is 38.8 Å². The Kier molecular flexibility index (Phi) is 3.84. The van der Waals surface area contributed by atoms with Gasteiger partial charge in [0.05, 0.1) is 14.2 Å². The molecule has 3 rings (SSSR count). The van der Waals surface area contributed by atoms with Crippen LogP contribution in [0.4, 0.5) is 5.82 Å². The van der Waals surface area contributed by atoms with Gasteiger partial charge >= 0.3 is 0 Å². The predicted molar refractivity (Wildman–Crippen MR) is 84.5 cm³/mol. The largest absolute Gasteiger partial charge is 0.493 e. The topological polar surface area (TPSA) is 46.6 Å². The summed E-state index contributed by atoms with van der Waals surface area (Å²) in [5, 5.41) is 5.67. The minimum Gasteiger partial charge on any atom is -0.493 e. The highest BCUT2D eigenvalue weighted by Gasteiger charge is 2.19. The maximum absolute atomic E-state index is 5.42. The standard InChI is InChI=1S/C16H21N3O2/c1-11-10-19(7-6-17-11)16-13-9-15(21-3)14(20-2)8-12(13)4-5-18-16/h4-5,8-9,11,17H,6-7,10H2,1-3H3/t11-/m1/s1. The molecule has 0 saturated carbocycles. The predicted octanol–water partition coefficient (Wildman–Crippen LogP) is 2.05. The van der Waals surface area contributed by atoms with Crippen LogP contribution in [-0.4, -0.2) is 44.9 Å². The smallest absolute Gasteiger partial charge is 0.161 e. The minimum atomic E-state index is 0.468. The van der Waals surface area contributed by atoms with E-state index in [1.165, 1.54) is 0 Å². The van der Waals surface area contributed by atoms with Crippen LogP contribution < -0.4 is 19.7 Å². The van der Waals surface area contributed by atoms with Crippen molar-refractivity contribution >= 4 is 16.6 Å². The molecule has 112 valence electrons. The molecule has 1 aliphatic heterocycles. The van der Waals surface area contributed by atoms with Crippen molar-refractivity contribution in [1.82, 2.24) is 10.3 Å². The Bertz CT molecular complexity index is 645. The molecule has 1 aliphatic rings. The minimum absolute atomic E-state index is 0.468. The molecule has 0 spiro atoms. The van der Waals surface area contributed by atoms with Crippen LogP contribution in [0.3, 0.4) is 0 Å². The lowest BCUT2D eigenvalue weighted by atomic mass is 10.1. The molecule has 1 aromatic carbocycles. The Morgan fingerprint density at radius 2 is 2.00 bits per heavy atom. The number of hydrogen-bond donors (Lipinski definition) is 1. The van der Waals surface area contributed by atoms with Gasteiger partial charge in [0.25, 0.3) is 0 Å². The van der Waals surface area contributed by atoms with E-state index in [0.717, 1.165) is 47.7 Å². The first-order valence-corrected chi connectivity index (χ1v) is 7.22. The average molecular weight is 287 g/mol. The first-order valence-electron chi connectivity index (χ1n) is 7.22. The summed E-state index contributed by atoms with van der Waals surface area (Å²) in [6.07, 6.45) is 1.86. The van der Waals surface area contributed by atoms with Crippen LogP contribution in [0.5, 0.6) is 11.5 Å². The molecule has 0 radical (unpaired) electrons. The maximum atomic E-state index is 5.42. The number of methoxy groups -OCH3 is 2. The first-order chi connectivity index (χ1) is 10.2. The van der Waals surface area contributed by atoms with E-state index in [2.05, 4.69) is 22.1 Å². The van der Waals surface area contributed by atoms with E-state index in [4.69, 9.17) is 9.47 Å². The second kappa shape index (κ2) is 5.77. The Labute approximate surface area is 124 Å². The summed E-state index contributed by atoms with van der Waals surface area (Å²) in [7, 11) is 3.32. The first kappa shape index (κ1) is 13.9.